The largest absolute Gasteiger partial charge is 0.313 e. The summed E-state index contributed by atoms with van der Waals surface area (Å²) in [5, 5.41) is 0. The highest BCUT2D eigenvalue weighted by atomic mass is 35.5. The topological polar surface area (TPSA) is 52.0 Å². The van der Waals surface area contributed by atoms with Crippen LogP contribution in [0.2, 0.25) is 0 Å². The second-order valence-corrected chi connectivity index (χ2v) is 2.86. The third-order valence-electron chi connectivity index (χ3n) is 1.00. The van der Waals surface area contributed by atoms with E-state index in [0.717, 1.165) is 0 Å². The van der Waals surface area contributed by atoms with E-state index < -0.39 is 10.5 Å². The van der Waals surface area contributed by atoms with Crippen LogP contribution >= 0.6 is 23.2 Å². The lowest BCUT2D eigenvalue weighted by Gasteiger charge is -2.21. The lowest BCUT2D eigenvalue weighted by molar-refractivity contribution is 0.553. The summed E-state index contributed by atoms with van der Waals surface area (Å²) in [6.07, 6.45) is 0.569. The summed E-state index contributed by atoms with van der Waals surface area (Å²) in [4.78, 5) is -0.943. The molecule has 0 rings (SSSR count). The van der Waals surface area contributed by atoms with Crippen molar-refractivity contribution < 1.29 is 0 Å². The fourth-order valence-electron chi connectivity index (χ4n) is 0.195. The molecular weight excluding hydrogens is 147 g/mol. The van der Waals surface area contributed by atoms with Crippen molar-refractivity contribution in [1.82, 2.24) is 0 Å². The maximum Gasteiger partial charge on any atom is 0.120 e. The van der Waals surface area contributed by atoms with Gasteiger partial charge in [-0.25, -0.2) is 0 Å². The molecule has 0 saturated carbocycles. The molecule has 8 heavy (non-hydrogen) atoms. The Hall–Kier alpha value is 0.500. The van der Waals surface area contributed by atoms with E-state index >= 15 is 0 Å². The van der Waals surface area contributed by atoms with Crippen molar-refractivity contribution in [1.29, 1.82) is 0 Å². The van der Waals surface area contributed by atoms with Gasteiger partial charge < -0.3 is 11.5 Å². The molecule has 0 fully saturated rings. The van der Waals surface area contributed by atoms with Crippen molar-refractivity contribution in [2.45, 2.75) is 23.8 Å². The zero-order valence-corrected chi connectivity index (χ0v) is 6.21. The number of nitrogens with two attached hydrogens (primary N) is 2. The molecule has 0 aliphatic heterocycles. The molecule has 0 bridgehead atoms. The first-order valence-corrected chi connectivity index (χ1v) is 3.19. The molecule has 4 N–H and O–H groups in total. The lowest BCUT2D eigenvalue weighted by Crippen LogP contribution is -2.46. The average molecular weight is 157 g/mol. The Kier molecular flexibility index (Phi) is 3.05. The fraction of sp³-hybridized carbons (Fsp3) is 1.00. The first-order valence-electron chi connectivity index (χ1n) is 2.38. The molecule has 0 saturated heterocycles. The minimum atomic E-state index is -0.943. The van der Waals surface area contributed by atoms with E-state index in [-0.39, 0.29) is 0 Å². The zero-order valence-electron chi connectivity index (χ0n) is 4.70. The van der Waals surface area contributed by atoms with Gasteiger partial charge in [-0.05, 0) is 6.42 Å². The predicted molar refractivity (Wildman–Crippen MR) is 36.9 cm³/mol. The van der Waals surface area contributed by atoms with Gasteiger partial charge in [-0.1, -0.05) is 18.5 Å². The summed E-state index contributed by atoms with van der Waals surface area (Å²) in [5.41, 5.74) is 9.88. The molecule has 0 radical (unpaired) electrons. The molecule has 0 spiro atoms. The Bertz CT molecular complexity index is 72.4. The van der Waals surface area contributed by atoms with Crippen molar-refractivity contribution in [3.8, 4) is 0 Å². The van der Waals surface area contributed by atoms with Gasteiger partial charge in [0.05, 0.1) is 0 Å². The fourth-order valence-corrected chi connectivity index (χ4v) is 0.349. The van der Waals surface area contributed by atoms with Crippen LogP contribution in [0.5, 0.6) is 0 Å². The number of halogens is 2. The van der Waals surface area contributed by atoms with Gasteiger partial charge in [0, 0.05) is 0 Å². The van der Waals surface area contributed by atoms with Crippen LogP contribution in [0, 0.1) is 0 Å². The van der Waals surface area contributed by atoms with Crippen LogP contribution in [0.1, 0.15) is 13.3 Å². The SMILES string of the molecule is CCC(N)(Cl)C(N)Cl. The van der Waals surface area contributed by atoms with Crippen molar-refractivity contribution in [2.75, 3.05) is 0 Å². The maximum atomic E-state index is 5.58. The minimum Gasteiger partial charge on any atom is -0.313 e. The van der Waals surface area contributed by atoms with E-state index in [1.807, 2.05) is 6.92 Å². The van der Waals surface area contributed by atoms with Crippen molar-refractivity contribution in [2.24, 2.45) is 11.5 Å². The highest BCUT2D eigenvalue weighted by molar-refractivity contribution is 6.31. The zero-order chi connectivity index (χ0) is 6.78. The normalized spacial score (nSPS) is 22.1. The maximum absolute atomic E-state index is 5.58. The first-order chi connectivity index (χ1) is 3.50. The summed E-state index contributed by atoms with van der Waals surface area (Å²) in [5.74, 6) is 0. The summed E-state index contributed by atoms with van der Waals surface area (Å²) in [6, 6.07) is 0. The van der Waals surface area contributed by atoms with Gasteiger partial charge in [0.1, 0.15) is 10.5 Å². The number of rotatable bonds is 2. The molecule has 0 heterocycles. The van der Waals surface area contributed by atoms with E-state index in [9.17, 15) is 0 Å². The molecule has 2 unspecified atom stereocenters. The van der Waals surface area contributed by atoms with Gasteiger partial charge in [-0.3, -0.25) is 0 Å². The van der Waals surface area contributed by atoms with Crippen molar-refractivity contribution >= 4 is 23.2 Å². The Morgan fingerprint density at radius 2 is 2.12 bits per heavy atom. The van der Waals surface area contributed by atoms with Gasteiger partial charge in [-0.2, -0.15) is 0 Å². The van der Waals surface area contributed by atoms with E-state index in [1.54, 1.807) is 0 Å². The number of hydrogen-bond acceptors (Lipinski definition) is 2. The molecule has 0 aromatic heterocycles. The molecule has 2 atom stereocenters. The molecule has 0 aliphatic carbocycles. The van der Waals surface area contributed by atoms with Gasteiger partial charge in [0.2, 0.25) is 0 Å². The Morgan fingerprint density at radius 3 is 2.12 bits per heavy atom. The number of alkyl halides is 2. The summed E-state index contributed by atoms with van der Waals surface area (Å²) < 4.78 is 0. The van der Waals surface area contributed by atoms with Gasteiger partial charge in [0.25, 0.3) is 0 Å². The molecule has 0 aromatic rings. The Balaban J connectivity index is 3.71. The van der Waals surface area contributed by atoms with Crippen LogP contribution in [0.25, 0.3) is 0 Å². The highest BCUT2D eigenvalue weighted by Crippen LogP contribution is 2.17. The third-order valence-corrected chi connectivity index (χ3v) is 2.00. The lowest BCUT2D eigenvalue weighted by atomic mass is 10.2. The molecule has 0 amide bonds. The quantitative estimate of drug-likeness (QED) is 0.460. The number of hydrogen-bond donors (Lipinski definition) is 2. The average Bonchev–Trinajstić information content (AvgIpc) is 1.67. The monoisotopic (exact) mass is 156 g/mol. The molecule has 0 aliphatic rings. The van der Waals surface area contributed by atoms with Crippen LogP contribution in [-0.2, 0) is 0 Å². The molecule has 4 heteroatoms. The molecule has 50 valence electrons. The Morgan fingerprint density at radius 1 is 1.75 bits per heavy atom. The first kappa shape index (κ1) is 8.50. The standard InChI is InChI=1S/C4H10Cl2N2/c1-2-4(6,8)3(5)7/h3H,2,7-8H2,1H3. The van der Waals surface area contributed by atoms with E-state index in [0.29, 0.717) is 6.42 Å². The Labute approximate surface area is 59.1 Å². The molecule has 2 nitrogen and oxygen atoms in total. The van der Waals surface area contributed by atoms with Gasteiger partial charge in [-0.15, -0.1) is 11.6 Å². The van der Waals surface area contributed by atoms with Gasteiger partial charge >= 0.3 is 0 Å². The smallest absolute Gasteiger partial charge is 0.120 e. The van der Waals surface area contributed by atoms with Crippen LogP contribution in [-0.4, -0.2) is 10.5 Å². The molecule has 0 aromatic carbocycles. The van der Waals surface area contributed by atoms with E-state index in [4.69, 9.17) is 34.7 Å². The van der Waals surface area contributed by atoms with E-state index in [1.165, 1.54) is 0 Å². The highest BCUT2D eigenvalue weighted by Gasteiger charge is 2.25. The summed E-state index contributed by atoms with van der Waals surface area (Å²) in [6.45, 7) is 1.83. The van der Waals surface area contributed by atoms with Crippen molar-refractivity contribution in [3.63, 3.8) is 0 Å². The van der Waals surface area contributed by atoms with E-state index in [2.05, 4.69) is 0 Å². The van der Waals surface area contributed by atoms with Crippen LogP contribution in [0.15, 0.2) is 0 Å². The second kappa shape index (κ2) is 2.87. The summed E-state index contributed by atoms with van der Waals surface area (Å²) in [7, 11) is 0. The predicted octanol–water partition coefficient (Wildman–Crippen LogP) is 0.814. The molecular formula is C4H10Cl2N2. The van der Waals surface area contributed by atoms with Crippen LogP contribution in [0.4, 0.5) is 0 Å². The van der Waals surface area contributed by atoms with Gasteiger partial charge in [0.15, 0.2) is 0 Å². The third kappa shape index (κ3) is 2.18. The minimum absolute atomic E-state index is 0.569. The second-order valence-electron chi connectivity index (χ2n) is 1.68. The van der Waals surface area contributed by atoms with Crippen LogP contribution < -0.4 is 11.5 Å². The van der Waals surface area contributed by atoms with Crippen molar-refractivity contribution in [3.05, 3.63) is 0 Å². The van der Waals surface area contributed by atoms with Crippen LogP contribution in [0.3, 0.4) is 0 Å². The summed E-state index contributed by atoms with van der Waals surface area (Å²) >= 11 is 11.0.